The van der Waals surface area contributed by atoms with Gasteiger partial charge in [-0.05, 0) is 56.2 Å². The highest BCUT2D eigenvalue weighted by Gasteiger charge is 2.44. The zero-order chi connectivity index (χ0) is 25.3. The number of hydrogen-bond donors (Lipinski definition) is 2. The molecular formula is C26H34F2N6OS. The first-order chi connectivity index (χ1) is 17.3. The maximum absolute atomic E-state index is 13.6. The van der Waals surface area contributed by atoms with E-state index < -0.39 is 5.92 Å². The predicted octanol–water partition coefficient (Wildman–Crippen LogP) is 5.73. The van der Waals surface area contributed by atoms with Gasteiger partial charge < -0.3 is 14.5 Å². The quantitative estimate of drug-likeness (QED) is 0.455. The van der Waals surface area contributed by atoms with Gasteiger partial charge in [0.2, 0.25) is 5.95 Å². The number of anilines is 4. The largest absolute Gasteiger partial charge is 0.371 e. The first-order valence-electron chi connectivity index (χ1n) is 12.8. The van der Waals surface area contributed by atoms with Crippen LogP contribution in [0.25, 0.3) is 0 Å². The molecule has 2 aliphatic heterocycles. The topological polar surface area (TPSA) is 73.4 Å². The van der Waals surface area contributed by atoms with Crippen LogP contribution in [0, 0.1) is 12.3 Å². The van der Waals surface area contributed by atoms with Crippen molar-refractivity contribution in [1.82, 2.24) is 9.97 Å². The van der Waals surface area contributed by atoms with Gasteiger partial charge in [-0.3, -0.25) is 10.1 Å². The fourth-order valence-corrected chi connectivity index (χ4v) is 5.54. The van der Waals surface area contributed by atoms with Crippen molar-refractivity contribution in [2.45, 2.75) is 58.3 Å². The molecule has 2 N–H and O–H groups in total. The zero-order valence-corrected chi connectivity index (χ0v) is 21.8. The molecule has 2 saturated heterocycles. The molecule has 0 atom stereocenters. The number of nitrogens with one attached hydrogen (secondary N) is 2. The Morgan fingerprint density at radius 3 is 2.36 bits per heavy atom. The summed E-state index contributed by atoms with van der Waals surface area (Å²) in [5.41, 5.74) is 3.68. The van der Waals surface area contributed by atoms with Crippen molar-refractivity contribution in [3.8, 4) is 0 Å². The van der Waals surface area contributed by atoms with Crippen molar-refractivity contribution in [1.29, 1.82) is 0 Å². The molecule has 1 aromatic heterocycles. The number of hydrogen-bond acceptors (Lipinski definition) is 7. The molecule has 0 bridgehead atoms. The zero-order valence-electron chi connectivity index (χ0n) is 20.9. The van der Waals surface area contributed by atoms with E-state index in [0.717, 1.165) is 43.1 Å². The third kappa shape index (κ3) is 5.68. The summed E-state index contributed by atoms with van der Waals surface area (Å²) in [5.74, 6) is -1.21. The summed E-state index contributed by atoms with van der Waals surface area (Å²) in [6, 6.07) is 7.61. The van der Waals surface area contributed by atoms with Gasteiger partial charge in [-0.1, -0.05) is 18.9 Å². The minimum atomic E-state index is -2.63. The van der Waals surface area contributed by atoms with Crippen LogP contribution in [0.2, 0.25) is 0 Å². The fourth-order valence-electron chi connectivity index (χ4n) is 5.10. The first-order valence-corrected chi connectivity index (χ1v) is 13.8. The Bertz CT molecular complexity index is 1110. The summed E-state index contributed by atoms with van der Waals surface area (Å²) in [5, 5.41) is 2.88. The Morgan fingerprint density at radius 1 is 1.00 bits per heavy atom. The maximum Gasteiger partial charge on any atom is 0.260 e. The molecule has 3 fully saturated rings. The number of carbonyl (C=O) groups is 1. The normalized spacial score (nSPS) is 20.3. The Balaban J connectivity index is 1.36. The number of benzene rings is 1. The molecule has 1 aromatic carbocycles. The molecule has 1 amide bonds. The van der Waals surface area contributed by atoms with Crippen molar-refractivity contribution in [3.63, 3.8) is 0 Å². The van der Waals surface area contributed by atoms with Gasteiger partial charge in [0.25, 0.3) is 11.8 Å². The van der Waals surface area contributed by atoms with Crippen LogP contribution >= 0.6 is 11.9 Å². The van der Waals surface area contributed by atoms with Crippen molar-refractivity contribution in [2.24, 2.45) is 5.41 Å². The lowest BCUT2D eigenvalue weighted by molar-refractivity contribution is -0.0221. The van der Waals surface area contributed by atoms with Gasteiger partial charge in [-0.15, -0.1) is 0 Å². The number of carbonyl (C=O) groups excluding carboxylic acids is 1. The fraction of sp³-hybridized carbons (Fsp3) is 0.577. The smallest absolute Gasteiger partial charge is 0.260 e. The van der Waals surface area contributed by atoms with E-state index in [1.165, 1.54) is 12.8 Å². The highest BCUT2D eigenvalue weighted by atomic mass is 32.2. The van der Waals surface area contributed by atoms with Crippen LogP contribution in [0.5, 0.6) is 0 Å². The molecule has 5 rings (SSSR count). The van der Waals surface area contributed by atoms with E-state index in [2.05, 4.69) is 37.9 Å². The standard InChI is InChI=1S/C26H34F2N6OS/c1-3-36-32-19-4-5-20(21(17-19)33-12-8-25(6-7-25)9-13-33)23(35)31-24-29-18(2)16-22(30-24)34-14-10-26(27,28)11-15-34/h4-5,16-17,32H,3,6-15H2,1-2H3,(H,29,30,31,35). The summed E-state index contributed by atoms with van der Waals surface area (Å²) >= 11 is 1.62. The van der Waals surface area contributed by atoms with Gasteiger partial charge >= 0.3 is 0 Å². The van der Waals surface area contributed by atoms with Crippen LogP contribution in [0.1, 0.15) is 61.5 Å². The lowest BCUT2D eigenvalue weighted by Crippen LogP contribution is -2.40. The molecule has 0 radical (unpaired) electrons. The summed E-state index contributed by atoms with van der Waals surface area (Å²) in [4.78, 5) is 26.5. The number of aryl methyl sites for hydroxylation is 1. The van der Waals surface area contributed by atoms with Gasteiger partial charge in [0.05, 0.1) is 11.3 Å². The summed E-state index contributed by atoms with van der Waals surface area (Å²) in [7, 11) is 0. The van der Waals surface area contributed by atoms with E-state index in [9.17, 15) is 13.6 Å². The third-order valence-electron chi connectivity index (χ3n) is 7.58. The van der Waals surface area contributed by atoms with Crippen molar-refractivity contribution < 1.29 is 13.6 Å². The van der Waals surface area contributed by atoms with Gasteiger partial charge in [0.1, 0.15) is 5.82 Å². The second-order valence-electron chi connectivity index (χ2n) is 10.2. The molecule has 7 nitrogen and oxygen atoms in total. The molecule has 0 unspecified atom stereocenters. The van der Waals surface area contributed by atoms with Crippen LogP contribution in [0.15, 0.2) is 24.3 Å². The number of rotatable bonds is 7. The van der Waals surface area contributed by atoms with E-state index >= 15 is 0 Å². The second kappa shape index (κ2) is 10.0. The first kappa shape index (κ1) is 25.0. The molecule has 1 aliphatic carbocycles. The number of aromatic nitrogens is 2. The maximum atomic E-state index is 13.6. The summed E-state index contributed by atoms with van der Waals surface area (Å²) in [6.07, 6.45) is 4.57. The van der Waals surface area contributed by atoms with Gasteiger partial charge in [-0.2, -0.15) is 4.98 Å². The SMILES string of the molecule is CCSNc1ccc(C(=O)Nc2nc(C)cc(N3CCC(F)(F)CC3)n2)c(N2CCC3(CC2)CC3)c1. The number of piperidine rings is 2. The molecule has 3 heterocycles. The lowest BCUT2D eigenvalue weighted by Gasteiger charge is -2.35. The molecular weight excluding hydrogens is 482 g/mol. The minimum Gasteiger partial charge on any atom is -0.371 e. The highest BCUT2D eigenvalue weighted by molar-refractivity contribution is 8.00. The Kier molecular flexibility index (Phi) is 6.98. The lowest BCUT2D eigenvalue weighted by atomic mass is 9.93. The summed E-state index contributed by atoms with van der Waals surface area (Å²) < 4.78 is 30.6. The number of halogens is 2. The highest BCUT2D eigenvalue weighted by Crippen LogP contribution is 2.54. The average molecular weight is 517 g/mol. The predicted molar refractivity (Wildman–Crippen MR) is 142 cm³/mol. The van der Waals surface area contributed by atoms with E-state index in [1.54, 1.807) is 18.0 Å². The van der Waals surface area contributed by atoms with Crippen molar-refractivity contribution in [2.75, 3.05) is 51.8 Å². The van der Waals surface area contributed by atoms with Crippen LogP contribution in [-0.4, -0.2) is 53.7 Å². The molecule has 2 aromatic rings. The monoisotopic (exact) mass is 516 g/mol. The Labute approximate surface area is 215 Å². The molecule has 194 valence electrons. The molecule has 10 heteroatoms. The number of alkyl halides is 2. The molecule has 1 saturated carbocycles. The van der Waals surface area contributed by atoms with E-state index in [-0.39, 0.29) is 37.8 Å². The van der Waals surface area contributed by atoms with Gasteiger partial charge in [0, 0.05) is 62.2 Å². The number of amides is 1. The van der Waals surface area contributed by atoms with Gasteiger partial charge in [0.15, 0.2) is 0 Å². The van der Waals surface area contributed by atoms with Crippen molar-refractivity contribution in [3.05, 3.63) is 35.5 Å². The van der Waals surface area contributed by atoms with E-state index in [0.29, 0.717) is 22.5 Å². The average Bonchev–Trinajstić information content (AvgIpc) is 3.61. The third-order valence-corrected chi connectivity index (χ3v) is 8.25. The van der Waals surface area contributed by atoms with Gasteiger partial charge in [-0.25, -0.2) is 13.8 Å². The van der Waals surface area contributed by atoms with Crippen LogP contribution in [-0.2, 0) is 0 Å². The Morgan fingerprint density at radius 2 is 1.69 bits per heavy atom. The van der Waals surface area contributed by atoms with E-state index in [4.69, 9.17) is 0 Å². The van der Waals surface area contributed by atoms with Crippen molar-refractivity contribution >= 4 is 41.0 Å². The molecule has 36 heavy (non-hydrogen) atoms. The number of nitrogens with zero attached hydrogens (tertiary/aromatic N) is 4. The second-order valence-corrected chi connectivity index (χ2v) is 11.3. The molecule has 1 spiro atoms. The van der Waals surface area contributed by atoms with E-state index in [1.807, 2.05) is 24.0 Å². The summed E-state index contributed by atoms with van der Waals surface area (Å²) in [6.45, 7) is 6.23. The minimum absolute atomic E-state index is 0.192. The molecule has 3 aliphatic rings. The van der Waals surface area contributed by atoms with Crippen LogP contribution in [0.3, 0.4) is 0 Å². The Hall–Kier alpha value is -2.62. The van der Waals surface area contributed by atoms with Crippen LogP contribution in [0.4, 0.5) is 31.9 Å². The van der Waals surface area contributed by atoms with Crippen LogP contribution < -0.4 is 19.8 Å².